The van der Waals surface area contributed by atoms with Crippen molar-refractivity contribution in [3.05, 3.63) is 55.7 Å². The van der Waals surface area contributed by atoms with Crippen molar-refractivity contribution in [1.82, 2.24) is 0 Å². The average Bonchev–Trinajstić information content (AvgIpc) is 2.92. The van der Waals surface area contributed by atoms with E-state index in [0.717, 1.165) is 48.5 Å². The van der Waals surface area contributed by atoms with Gasteiger partial charge in [0.15, 0.2) is 0 Å². The van der Waals surface area contributed by atoms with E-state index in [4.69, 9.17) is 9.47 Å². The second kappa shape index (κ2) is 13.5. The van der Waals surface area contributed by atoms with Crippen LogP contribution < -0.4 is 9.47 Å². The van der Waals surface area contributed by atoms with Crippen LogP contribution in [-0.4, -0.2) is 56.5 Å². The van der Waals surface area contributed by atoms with Crippen LogP contribution in [0.3, 0.4) is 0 Å². The van der Waals surface area contributed by atoms with Gasteiger partial charge in [-0.2, -0.15) is 0 Å². The van der Waals surface area contributed by atoms with Crippen molar-refractivity contribution in [2.24, 2.45) is 10.8 Å². The molecule has 0 bridgehead atoms. The van der Waals surface area contributed by atoms with Gasteiger partial charge in [0.25, 0.3) is 0 Å². The molecule has 260 valence electrons. The molecule has 0 unspecified atom stereocenters. The number of hydrogen-bond donors (Lipinski definition) is 0. The van der Waals surface area contributed by atoms with Crippen molar-refractivity contribution in [3.63, 3.8) is 0 Å². The Morgan fingerprint density at radius 3 is 1.22 bits per heavy atom. The fourth-order valence-corrected chi connectivity index (χ4v) is 9.78. The van der Waals surface area contributed by atoms with Crippen LogP contribution in [-0.2, 0) is 22.2 Å². The third kappa shape index (κ3) is 8.64. The van der Waals surface area contributed by atoms with Crippen molar-refractivity contribution in [3.8, 4) is 11.5 Å². The molecular weight excluding hydrogens is 778 g/mol. The summed E-state index contributed by atoms with van der Waals surface area (Å²) in [6.07, 6.45) is -7.25. The fraction of sp³-hybridized carbons (Fsp3) is 0.500. The van der Waals surface area contributed by atoms with Gasteiger partial charge in [-0.25, -0.2) is 0 Å². The molecule has 2 aromatic carbocycles. The summed E-state index contributed by atoms with van der Waals surface area (Å²) in [5.74, 6) is -15.5. The number of halogens is 10. The first-order valence-corrected chi connectivity index (χ1v) is 17.4. The van der Waals surface area contributed by atoms with Crippen LogP contribution in [0.15, 0.2) is 48.5 Å². The number of ketones is 2. The quantitative estimate of drug-likeness (QED) is 0.150. The molecule has 0 atom stereocenters. The van der Waals surface area contributed by atoms with E-state index in [9.17, 15) is 57.5 Å². The van der Waals surface area contributed by atoms with Crippen molar-refractivity contribution >= 4 is 41.9 Å². The van der Waals surface area contributed by atoms with Crippen LogP contribution in [0.1, 0.15) is 41.5 Å². The predicted octanol–water partition coefficient (Wildman–Crippen LogP) is 7.91. The molecule has 2 rings (SSSR count). The van der Waals surface area contributed by atoms with Crippen LogP contribution in [0, 0.1) is 18.0 Å². The van der Waals surface area contributed by atoms with E-state index < -0.39 is 77.7 Å². The Bertz CT molecular complexity index is 1420. The Balaban J connectivity index is 2.53. The van der Waals surface area contributed by atoms with Gasteiger partial charge in [0, 0.05) is 0 Å². The molecule has 0 N–H and O–H groups in total. The van der Waals surface area contributed by atoms with Crippen LogP contribution in [0.5, 0.6) is 11.5 Å². The van der Waals surface area contributed by atoms with Gasteiger partial charge in [-0.05, 0) is 0 Å². The zero-order chi connectivity index (χ0) is 35.7. The van der Waals surface area contributed by atoms with Crippen molar-refractivity contribution in [1.29, 1.82) is 0 Å². The molecular formula is C28H30F9IO7S. The van der Waals surface area contributed by atoms with Crippen molar-refractivity contribution in [2.45, 2.75) is 64.8 Å². The third-order valence-corrected chi connectivity index (χ3v) is 13.4. The number of carbonyl (C=O) groups is 2. The number of Topliss-reactive ketones (excluding diaryl/α,β-unsaturated/α-hetero) is 2. The number of ether oxygens (including phenoxy) is 2. The van der Waals surface area contributed by atoms with E-state index in [1.807, 2.05) is 0 Å². The fourth-order valence-electron chi connectivity index (χ4n) is 2.86. The Morgan fingerprint density at radius 1 is 0.609 bits per heavy atom. The maximum absolute atomic E-state index is 14.5. The van der Waals surface area contributed by atoms with Gasteiger partial charge >= 0.3 is 267 Å². The minimum absolute atomic E-state index is 0.0222. The van der Waals surface area contributed by atoms with E-state index in [1.165, 1.54) is 0 Å². The van der Waals surface area contributed by atoms with E-state index >= 15 is 0 Å². The molecule has 46 heavy (non-hydrogen) atoms. The van der Waals surface area contributed by atoms with Crippen molar-refractivity contribution < 1.29 is 69.5 Å². The first kappa shape index (κ1) is 39.6. The summed E-state index contributed by atoms with van der Waals surface area (Å²) in [5, 5.41) is -7.05. The summed E-state index contributed by atoms with van der Waals surface area (Å²) in [6, 6.07) is 8.82. The normalized spacial score (nSPS) is 14.1. The van der Waals surface area contributed by atoms with E-state index in [2.05, 4.69) is 2.51 Å². The van der Waals surface area contributed by atoms with Crippen LogP contribution in [0.2, 0.25) is 0 Å². The number of rotatable bonds is 13. The number of carbonyl (C=O) groups excluding carboxylic acids is 2. The summed E-state index contributed by atoms with van der Waals surface area (Å²) in [6.45, 7) is 8.95. The molecule has 0 fully saturated rings. The van der Waals surface area contributed by atoms with Gasteiger partial charge in [-0.1, -0.05) is 0 Å². The van der Waals surface area contributed by atoms with Crippen LogP contribution in [0.4, 0.5) is 39.5 Å². The maximum atomic E-state index is 14.5. The van der Waals surface area contributed by atoms with Gasteiger partial charge in [0.1, 0.15) is 0 Å². The SMILES string of the molecule is CC(C)(C)C(=O)COc1ccc(I(OS(=O)(=O)C(F)(F)C(F)(F)C(F)(F)C(F)(F)F)c2ccc(OCC(=O)C(C)(C)C)cc2)cc1. The number of benzene rings is 2. The Morgan fingerprint density at radius 2 is 0.935 bits per heavy atom. The third-order valence-electron chi connectivity index (χ3n) is 6.01. The molecule has 0 amide bonds. The van der Waals surface area contributed by atoms with Gasteiger partial charge in [0.2, 0.25) is 0 Å². The Kier molecular flexibility index (Phi) is 11.6. The van der Waals surface area contributed by atoms with E-state index in [1.54, 1.807) is 41.5 Å². The Labute approximate surface area is 266 Å². The summed E-state index contributed by atoms with van der Waals surface area (Å²) >= 11 is -4.43. The predicted molar refractivity (Wildman–Crippen MR) is 155 cm³/mol. The molecule has 0 saturated heterocycles. The zero-order valence-electron chi connectivity index (χ0n) is 25.1. The summed E-state index contributed by atoms with van der Waals surface area (Å²) in [7, 11) is -7.20. The zero-order valence-corrected chi connectivity index (χ0v) is 28.1. The molecule has 0 spiro atoms. The first-order chi connectivity index (χ1) is 20.6. The molecule has 2 aromatic rings. The molecule has 0 aliphatic carbocycles. The molecule has 18 heteroatoms. The molecule has 0 aliphatic heterocycles. The molecule has 0 aliphatic rings. The first-order valence-electron chi connectivity index (χ1n) is 12.9. The molecule has 0 aromatic heterocycles. The molecule has 0 heterocycles. The molecule has 0 radical (unpaired) electrons. The molecule has 0 saturated carbocycles. The van der Waals surface area contributed by atoms with Crippen molar-refractivity contribution in [2.75, 3.05) is 13.2 Å². The second-order valence-corrected chi connectivity index (χ2v) is 18.3. The van der Waals surface area contributed by atoms with Gasteiger partial charge in [-0.15, -0.1) is 0 Å². The Hall–Kier alpha value is -2.61. The van der Waals surface area contributed by atoms with Crippen LogP contribution in [0.25, 0.3) is 0 Å². The number of alkyl halides is 9. The molecule has 7 nitrogen and oxygen atoms in total. The van der Waals surface area contributed by atoms with Gasteiger partial charge < -0.3 is 0 Å². The van der Waals surface area contributed by atoms with Gasteiger partial charge in [0.05, 0.1) is 0 Å². The second-order valence-electron chi connectivity index (χ2n) is 11.8. The van der Waals surface area contributed by atoms with E-state index in [0.29, 0.717) is 0 Å². The average molecular weight is 808 g/mol. The van der Waals surface area contributed by atoms with E-state index in [-0.39, 0.29) is 30.2 Å². The standard InChI is InChI=1S/C28H30F9IO7S/c1-23(2,3)21(39)15-43-19-11-7-17(8-12-19)38(18-9-13-20(14-10-18)44-16-22(40)24(4,5)6)45-46(41,42)28(36,37)26(31,32)25(29,30)27(33,34)35/h7-14H,15-16H2,1-6H3. The van der Waals surface area contributed by atoms with Gasteiger partial charge in [-0.3, -0.25) is 0 Å². The number of hydrogen-bond acceptors (Lipinski definition) is 7. The summed E-state index contributed by atoms with van der Waals surface area (Å²) < 4.78 is 162. The minimum atomic E-state index is -7.48. The topological polar surface area (TPSA) is 96.0 Å². The summed E-state index contributed by atoms with van der Waals surface area (Å²) in [5.41, 5.74) is -1.54. The van der Waals surface area contributed by atoms with Crippen LogP contribution >= 0.6 is 20.2 Å². The monoisotopic (exact) mass is 808 g/mol. The summed E-state index contributed by atoms with van der Waals surface area (Å²) in [4.78, 5) is 24.3.